The molecule has 0 saturated carbocycles. The molecule has 11 heteroatoms. The van der Waals surface area contributed by atoms with Gasteiger partial charge in [-0.3, -0.25) is 0 Å². The molecule has 0 saturated heterocycles. The van der Waals surface area contributed by atoms with E-state index in [1.54, 1.807) is 0 Å². The maximum Gasteiger partial charge on any atom is 1.00 e. The number of hydrogen-bond donors (Lipinski definition) is 0. The maximum atomic E-state index is 8.00. The van der Waals surface area contributed by atoms with E-state index in [0.717, 1.165) is 10.7 Å². The summed E-state index contributed by atoms with van der Waals surface area (Å²) < 4.78 is 0. The van der Waals surface area contributed by atoms with Crippen LogP contribution in [0.4, 0.5) is 0 Å². The number of rotatable bonds is 0. The minimum atomic E-state index is 0. The molecule has 0 aromatic heterocycles. The topological polar surface area (TPSA) is 199 Å². The third-order valence-corrected chi connectivity index (χ3v) is 0. The summed E-state index contributed by atoms with van der Waals surface area (Å²) >= 11 is 0. The van der Waals surface area contributed by atoms with E-state index in [-0.39, 0.29) is 119 Å². The Morgan fingerprint density at radius 1 is 0.727 bits per heavy atom. The van der Waals surface area contributed by atoms with E-state index < -0.39 is 0 Å². The van der Waals surface area contributed by atoms with Crippen molar-refractivity contribution in [1.29, 1.82) is 0 Å². The molecule has 60 valence electrons. The van der Waals surface area contributed by atoms with E-state index in [4.69, 9.17) is 20.2 Å². The normalized spacial score (nSPS) is 2.18. The van der Waals surface area contributed by atoms with Crippen LogP contribution in [0.3, 0.4) is 0 Å². The molecule has 0 spiro atoms. The van der Waals surface area contributed by atoms with Crippen LogP contribution in [0, 0.1) is 20.2 Å². The summed E-state index contributed by atoms with van der Waals surface area (Å²) in [6, 6.07) is 0. The Morgan fingerprint density at radius 3 is 0.727 bits per heavy atom. The Hall–Kier alpha value is 1.95. The average Bonchev–Trinajstić information content (AvgIpc) is 1.39. The van der Waals surface area contributed by atoms with Gasteiger partial charge in [0.25, 0.3) is 0 Å². The van der Waals surface area contributed by atoms with Gasteiger partial charge in [0.1, 0.15) is 0 Å². The van der Waals surface area contributed by atoms with Crippen LogP contribution >= 0.6 is 0 Å². The van der Waals surface area contributed by atoms with Crippen molar-refractivity contribution >= 4 is 0 Å². The fourth-order valence-corrected chi connectivity index (χ4v) is 0. The molecule has 0 heterocycles. The first-order chi connectivity index (χ1) is 2.83. The van der Waals surface area contributed by atoms with Crippen LogP contribution in [0.2, 0.25) is 0 Å². The first-order valence-corrected chi connectivity index (χ1v) is 0.730. The summed E-state index contributed by atoms with van der Waals surface area (Å²) in [6.45, 7) is 0. The summed E-state index contributed by atoms with van der Waals surface area (Å²) in [5.74, 6) is 0. The predicted octanol–water partition coefficient (Wildman–Crippen LogP) is -7.96. The van der Waals surface area contributed by atoms with Crippen molar-refractivity contribution in [2.24, 2.45) is 10.7 Å². The number of nitrogens with zero attached hydrogens (tertiary/aromatic N) is 2. The second-order valence-corrected chi connectivity index (χ2v) is 0.149. The fourth-order valence-electron chi connectivity index (χ4n) is 0. The van der Waals surface area contributed by atoms with Crippen LogP contribution in [0.25, 0.3) is 0 Å². The van der Waals surface area contributed by atoms with Gasteiger partial charge in [-0.2, -0.15) is 0 Å². The van der Waals surface area contributed by atoms with E-state index in [1.807, 2.05) is 0 Å². The smallest absolute Gasteiger partial charge is 0.444 e. The second kappa shape index (κ2) is 91.8. The van der Waals surface area contributed by atoms with Gasteiger partial charge in [-0.1, -0.05) is 0 Å². The van der Waals surface area contributed by atoms with Crippen LogP contribution in [-0.4, -0.2) is 16.4 Å². The summed E-state index contributed by atoms with van der Waals surface area (Å²) in [4.78, 5) is 16.0. The minimum absolute atomic E-state index is 0. The van der Waals surface area contributed by atoms with Crippen molar-refractivity contribution in [2.75, 3.05) is 0 Å². The van der Waals surface area contributed by atoms with Crippen LogP contribution in [-0.2, 0) is 0 Å². The van der Waals surface area contributed by atoms with Crippen molar-refractivity contribution in [3.63, 3.8) is 0 Å². The average molecular weight is 224 g/mol. The summed E-state index contributed by atoms with van der Waals surface area (Å²) in [5.41, 5.74) is 0. The molecule has 0 amide bonds. The van der Waals surface area contributed by atoms with Gasteiger partial charge in [0.05, 0.1) is 0 Å². The van der Waals surface area contributed by atoms with Crippen molar-refractivity contribution in [1.82, 2.24) is 0 Å². The van der Waals surface area contributed by atoms with Crippen molar-refractivity contribution < 1.29 is 119 Å². The van der Waals surface area contributed by atoms with Gasteiger partial charge < -0.3 is 36.7 Å². The van der Waals surface area contributed by atoms with Crippen LogP contribution in [0.1, 0.15) is 0 Å². The summed E-state index contributed by atoms with van der Waals surface area (Å²) in [6.07, 6.45) is 0. The molecule has 0 unspecified atom stereocenters. The van der Waals surface area contributed by atoms with E-state index in [1.165, 1.54) is 0 Å². The molecule has 0 aliphatic carbocycles. The Balaban J connectivity index is -0.00000000400. The molecular weight excluding hydrogens is 218 g/mol. The molecule has 0 aromatic rings. The molecule has 0 aliphatic rings. The van der Waals surface area contributed by atoms with Crippen molar-refractivity contribution in [3.8, 4) is 0 Å². The SMILES string of the molecule is O.O.O.O=N[O-].O=N[O-].[K+].[K+]. The first-order valence-electron chi connectivity index (χ1n) is 0.730. The van der Waals surface area contributed by atoms with Crippen LogP contribution in [0.5, 0.6) is 0 Å². The largest absolute Gasteiger partial charge is 1.00 e. The van der Waals surface area contributed by atoms with Crippen LogP contribution in [0.15, 0.2) is 10.7 Å². The molecule has 6 N–H and O–H groups in total. The summed E-state index contributed by atoms with van der Waals surface area (Å²) in [5, 5.41) is 18.0. The standard InChI is InChI=1S/2K.2HNO2.3H2O/c;;2*2-1-3;;;/h;;2*(H,2,3);3*1H2/q2*+1;;;;;/p-2. The van der Waals surface area contributed by atoms with Gasteiger partial charge in [0.2, 0.25) is 0 Å². The molecule has 0 aromatic carbocycles. The zero-order chi connectivity index (χ0) is 5.41. The third-order valence-electron chi connectivity index (χ3n) is 0. The zero-order valence-corrected chi connectivity index (χ0v) is 12.3. The van der Waals surface area contributed by atoms with E-state index in [2.05, 4.69) is 0 Å². The second-order valence-electron chi connectivity index (χ2n) is 0.149. The Kier molecular flexibility index (Phi) is 436. The van der Waals surface area contributed by atoms with Gasteiger partial charge >= 0.3 is 103 Å². The predicted molar refractivity (Wildman–Crippen MR) is 29.2 cm³/mol. The van der Waals surface area contributed by atoms with Crippen molar-refractivity contribution in [2.45, 2.75) is 0 Å². The molecule has 0 atom stereocenters. The van der Waals surface area contributed by atoms with Gasteiger partial charge in [-0.25, -0.2) is 0 Å². The summed E-state index contributed by atoms with van der Waals surface area (Å²) in [7, 11) is 0. The van der Waals surface area contributed by atoms with Gasteiger partial charge in [0, 0.05) is 0 Å². The molecule has 0 bridgehead atoms. The monoisotopic (exact) mass is 224 g/mol. The first kappa shape index (κ1) is 52.2. The fraction of sp³-hybridized carbons (Fsp3) is 0. The Morgan fingerprint density at radius 2 is 0.727 bits per heavy atom. The third kappa shape index (κ3) is 311. The molecular formula is H6K2N2O7. The maximum absolute atomic E-state index is 8.00. The van der Waals surface area contributed by atoms with Gasteiger partial charge in [-0.05, 0) is 0 Å². The van der Waals surface area contributed by atoms with E-state index in [0.29, 0.717) is 0 Å². The van der Waals surface area contributed by atoms with E-state index >= 15 is 0 Å². The zero-order valence-electron chi connectivity index (χ0n) is 6.03. The molecule has 0 radical (unpaired) electrons. The molecule has 0 fully saturated rings. The molecule has 0 rings (SSSR count). The minimum Gasteiger partial charge on any atom is -0.444 e. The molecule has 11 heavy (non-hydrogen) atoms. The van der Waals surface area contributed by atoms with Crippen molar-refractivity contribution in [3.05, 3.63) is 20.2 Å². The number of hydrogen-bond acceptors (Lipinski definition) is 6. The van der Waals surface area contributed by atoms with E-state index in [9.17, 15) is 0 Å². The Bertz CT molecular complexity index is 35.4. The van der Waals surface area contributed by atoms with Gasteiger partial charge in [0.15, 0.2) is 0 Å². The van der Waals surface area contributed by atoms with Crippen LogP contribution < -0.4 is 103 Å². The molecule has 9 nitrogen and oxygen atoms in total. The Labute approximate surface area is 147 Å². The van der Waals surface area contributed by atoms with Gasteiger partial charge in [-0.15, -0.1) is 10.7 Å². The molecule has 0 aliphatic heterocycles. The quantitative estimate of drug-likeness (QED) is 0.223.